The van der Waals surface area contributed by atoms with Crippen LogP contribution in [0.25, 0.3) is 17.1 Å². The number of hydrogen-bond acceptors (Lipinski definition) is 6. The third-order valence-electron chi connectivity index (χ3n) is 4.41. The molecule has 0 bridgehead atoms. The fraction of sp³-hybridized carbons (Fsp3) is 0.0909. The molecular formula is C22H18N4O5. The number of amides is 1. The second-order valence-corrected chi connectivity index (χ2v) is 6.43. The summed E-state index contributed by atoms with van der Waals surface area (Å²) in [5.41, 5.74) is 0.948. The molecule has 0 aliphatic carbocycles. The minimum Gasteiger partial charge on any atom is -0.463 e. The highest BCUT2D eigenvalue weighted by molar-refractivity contribution is 6.05. The van der Waals surface area contributed by atoms with Crippen LogP contribution < -0.4 is 10.9 Å². The number of hydrogen-bond donors (Lipinski definition) is 2. The van der Waals surface area contributed by atoms with Crippen molar-refractivity contribution in [2.45, 2.75) is 6.92 Å². The molecule has 9 heteroatoms. The van der Waals surface area contributed by atoms with Crippen molar-refractivity contribution in [3.63, 3.8) is 0 Å². The number of benzene rings is 1. The number of esters is 1. The van der Waals surface area contributed by atoms with Gasteiger partial charge in [-0.15, -0.1) is 0 Å². The Kier molecular flexibility index (Phi) is 5.48. The zero-order valence-electron chi connectivity index (χ0n) is 16.5. The van der Waals surface area contributed by atoms with E-state index in [4.69, 9.17) is 9.15 Å². The molecule has 0 unspecified atom stereocenters. The molecule has 0 radical (unpaired) electrons. The van der Waals surface area contributed by atoms with E-state index in [2.05, 4.69) is 15.4 Å². The minimum atomic E-state index is -0.586. The first-order chi connectivity index (χ1) is 15.1. The number of furan rings is 1. The average Bonchev–Trinajstić information content (AvgIpc) is 3.47. The van der Waals surface area contributed by atoms with Crippen LogP contribution in [0.5, 0.6) is 0 Å². The summed E-state index contributed by atoms with van der Waals surface area (Å²) >= 11 is 0. The molecule has 3 aromatic heterocycles. The fourth-order valence-electron chi connectivity index (χ4n) is 2.97. The first-order valence-electron chi connectivity index (χ1n) is 9.47. The van der Waals surface area contributed by atoms with Gasteiger partial charge in [-0.05, 0) is 49.4 Å². The zero-order valence-corrected chi connectivity index (χ0v) is 16.5. The highest BCUT2D eigenvalue weighted by Crippen LogP contribution is 2.21. The smallest absolute Gasteiger partial charge is 0.358 e. The van der Waals surface area contributed by atoms with E-state index in [1.54, 1.807) is 55.6 Å². The van der Waals surface area contributed by atoms with Crippen LogP contribution in [0, 0.1) is 0 Å². The van der Waals surface area contributed by atoms with Crippen molar-refractivity contribution in [3.8, 4) is 17.1 Å². The molecule has 31 heavy (non-hydrogen) atoms. The summed E-state index contributed by atoms with van der Waals surface area (Å²) in [5.74, 6) is -0.631. The number of nitrogens with zero attached hydrogens (tertiary/aromatic N) is 2. The molecule has 0 aliphatic rings. The first-order valence-corrected chi connectivity index (χ1v) is 9.47. The Labute approximate surface area is 176 Å². The van der Waals surface area contributed by atoms with Gasteiger partial charge in [0.2, 0.25) is 0 Å². The Hall–Kier alpha value is -4.40. The number of aromatic amines is 1. The zero-order chi connectivity index (χ0) is 21.8. The number of aromatic nitrogens is 3. The molecule has 4 aromatic rings. The quantitative estimate of drug-likeness (QED) is 0.464. The Balaban J connectivity index is 1.59. The molecule has 0 saturated carbocycles. The monoisotopic (exact) mass is 418 g/mol. The number of para-hydroxylation sites is 2. The van der Waals surface area contributed by atoms with Gasteiger partial charge in [-0.2, -0.15) is 5.10 Å². The third-order valence-corrected chi connectivity index (χ3v) is 4.41. The summed E-state index contributed by atoms with van der Waals surface area (Å²) in [6, 6.07) is 14.9. The van der Waals surface area contributed by atoms with Gasteiger partial charge in [-0.3, -0.25) is 9.59 Å². The molecule has 2 N–H and O–H groups in total. The van der Waals surface area contributed by atoms with Gasteiger partial charge >= 0.3 is 5.97 Å². The molecule has 4 rings (SSSR count). The Morgan fingerprint density at radius 2 is 1.97 bits per heavy atom. The average molecular weight is 418 g/mol. The van der Waals surface area contributed by atoms with Gasteiger partial charge in [0.1, 0.15) is 11.3 Å². The molecule has 1 aromatic carbocycles. The predicted octanol–water partition coefficient (Wildman–Crippen LogP) is 3.25. The summed E-state index contributed by atoms with van der Waals surface area (Å²) in [4.78, 5) is 39.7. The summed E-state index contributed by atoms with van der Waals surface area (Å²) < 4.78 is 11.7. The summed E-state index contributed by atoms with van der Waals surface area (Å²) in [6.45, 7) is 1.95. The predicted molar refractivity (Wildman–Crippen MR) is 112 cm³/mol. The molecule has 156 valence electrons. The van der Waals surface area contributed by atoms with Crippen molar-refractivity contribution in [1.29, 1.82) is 0 Å². The van der Waals surface area contributed by atoms with E-state index in [1.165, 1.54) is 23.1 Å². The number of ether oxygens (including phenoxy) is 1. The number of pyridine rings is 1. The number of nitrogens with one attached hydrogen (secondary N) is 2. The van der Waals surface area contributed by atoms with Gasteiger partial charge in [0.05, 0.1) is 29.9 Å². The molecule has 9 nitrogen and oxygen atoms in total. The number of carbonyl (C=O) groups excluding carboxylic acids is 2. The van der Waals surface area contributed by atoms with Crippen molar-refractivity contribution >= 4 is 17.6 Å². The maximum atomic E-state index is 12.8. The molecule has 0 fully saturated rings. The SMILES string of the molecule is CCOC(=O)c1ccn(-c2ccccc2NC(=O)c2ccc(-c3ccco3)[nH]c2=O)n1. The van der Waals surface area contributed by atoms with Gasteiger partial charge < -0.3 is 19.5 Å². The third kappa shape index (κ3) is 4.15. The molecule has 0 aliphatic heterocycles. The van der Waals surface area contributed by atoms with E-state index in [9.17, 15) is 14.4 Å². The van der Waals surface area contributed by atoms with Crippen molar-refractivity contribution in [2.24, 2.45) is 0 Å². The van der Waals surface area contributed by atoms with E-state index in [0.717, 1.165) is 0 Å². The first kappa shape index (κ1) is 19.9. The van der Waals surface area contributed by atoms with Gasteiger partial charge in [-0.1, -0.05) is 12.1 Å². The van der Waals surface area contributed by atoms with Crippen molar-refractivity contribution in [3.05, 3.63) is 88.7 Å². The second kappa shape index (κ2) is 8.54. The molecule has 0 spiro atoms. The van der Waals surface area contributed by atoms with E-state index in [0.29, 0.717) is 22.8 Å². The second-order valence-electron chi connectivity index (χ2n) is 6.43. The molecule has 3 heterocycles. The Morgan fingerprint density at radius 3 is 2.71 bits per heavy atom. The summed E-state index contributed by atoms with van der Waals surface area (Å²) in [7, 11) is 0. The Bertz CT molecular complexity index is 1290. The van der Waals surface area contributed by atoms with Crippen LogP contribution in [0.3, 0.4) is 0 Å². The van der Waals surface area contributed by atoms with Crippen LogP contribution in [0.1, 0.15) is 27.8 Å². The van der Waals surface area contributed by atoms with Gasteiger partial charge in [0.25, 0.3) is 11.5 Å². The number of anilines is 1. The van der Waals surface area contributed by atoms with Crippen LogP contribution in [0.4, 0.5) is 5.69 Å². The lowest BCUT2D eigenvalue weighted by atomic mass is 10.2. The van der Waals surface area contributed by atoms with Crippen LogP contribution >= 0.6 is 0 Å². The normalized spacial score (nSPS) is 10.6. The maximum absolute atomic E-state index is 12.8. The molecular weight excluding hydrogens is 400 g/mol. The molecule has 0 atom stereocenters. The number of rotatable bonds is 6. The minimum absolute atomic E-state index is 0.0576. The van der Waals surface area contributed by atoms with Crippen molar-refractivity contribution in [1.82, 2.24) is 14.8 Å². The number of H-pyrrole nitrogens is 1. The molecule has 1 amide bonds. The largest absolute Gasteiger partial charge is 0.463 e. The molecule has 0 saturated heterocycles. The summed E-state index contributed by atoms with van der Waals surface area (Å²) in [5, 5.41) is 6.93. The van der Waals surface area contributed by atoms with E-state index in [-0.39, 0.29) is 17.9 Å². The topological polar surface area (TPSA) is 119 Å². The van der Waals surface area contributed by atoms with Gasteiger partial charge in [0, 0.05) is 6.20 Å². The van der Waals surface area contributed by atoms with E-state index < -0.39 is 17.4 Å². The Morgan fingerprint density at radius 1 is 1.13 bits per heavy atom. The van der Waals surface area contributed by atoms with E-state index in [1.807, 2.05) is 0 Å². The van der Waals surface area contributed by atoms with Gasteiger partial charge in [0.15, 0.2) is 5.69 Å². The van der Waals surface area contributed by atoms with Crippen LogP contribution in [-0.2, 0) is 4.74 Å². The fourth-order valence-corrected chi connectivity index (χ4v) is 2.97. The van der Waals surface area contributed by atoms with Crippen molar-refractivity contribution < 1.29 is 18.7 Å². The van der Waals surface area contributed by atoms with Crippen LogP contribution in [0.15, 0.2) is 76.3 Å². The standard InChI is InChI=1S/C22H18N4O5/c1-2-30-22(29)17-11-12-26(25-17)18-7-4-3-6-15(18)23-20(27)14-9-10-16(24-21(14)28)19-8-5-13-31-19/h3-13H,2H2,1H3,(H,23,27)(H,24,28). The highest BCUT2D eigenvalue weighted by atomic mass is 16.5. The number of carbonyl (C=O) groups is 2. The lowest BCUT2D eigenvalue weighted by Crippen LogP contribution is -2.23. The van der Waals surface area contributed by atoms with Crippen LogP contribution in [-0.4, -0.2) is 33.2 Å². The van der Waals surface area contributed by atoms with Crippen molar-refractivity contribution in [2.75, 3.05) is 11.9 Å². The lowest BCUT2D eigenvalue weighted by molar-refractivity contribution is 0.0518. The maximum Gasteiger partial charge on any atom is 0.358 e. The highest BCUT2D eigenvalue weighted by Gasteiger charge is 2.16. The summed E-state index contributed by atoms with van der Waals surface area (Å²) in [6.07, 6.45) is 3.08. The van der Waals surface area contributed by atoms with Crippen LogP contribution in [0.2, 0.25) is 0 Å². The van der Waals surface area contributed by atoms with E-state index >= 15 is 0 Å². The van der Waals surface area contributed by atoms with Gasteiger partial charge in [-0.25, -0.2) is 9.48 Å². The lowest BCUT2D eigenvalue weighted by Gasteiger charge is -2.11.